The predicted octanol–water partition coefficient (Wildman–Crippen LogP) is 1.78. The monoisotopic (exact) mass is 314 g/mol. The van der Waals surface area contributed by atoms with Gasteiger partial charge in [-0.1, -0.05) is 12.8 Å². The van der Waals surface area contributed by atoms with E-state index in [-0.39, 0.29) is 16.5 Å². The van der Waals surface area contributed by atoms with Gasteiger partial charge in [0.05, 0.1) is 10.5 Å². The molecule has 0 bridgehead atoms. The summed E-state index contributed by atoms with van der Waals surface area (Å²) in [4.78, 5) is 11.7. The number of benzene rings is 1. The van der Waals surface area contributed by atoms with Crippen molar-refractivity contribution in [2.45, 2.75) is 43.5 Å². The minimum atomic E-state index is -3.98. The van der Waals surface area contributed by atoms with Gasteiger partial charge < -0.3 is 5.32 Å². The highest BCUT2D eigenvalue weighted by atomic mass is 32.2. The van der Waals surface area contributed by atoms with Gasteiger partial charge in [-0.25, -0.2) is 17.9 Å². The Morgan fingerprint density at radius 3 is 2.52 bits per heavy atom. The van der Waals surface area contributed by atoms with E-state index in [0.29, 0.717) is 5.92 Å². The molecule has 1 aromatic rings. The first-order valence-corrected chi connectivity index (χ1v) is 8.47. The molecule has 0 heterocycles. The average molecular weight is 314 g/mol. The van der Waals surface area contributed by atoms with Gasteiger partial charge in [0.1, 0.15) is 5.82 Å². The Kier molecular flexibility index (Phi) is 4.63. The Morgan fingerprint density at radius 2 is 2.00 bits per heavy atom. The molecule has 1 aromatic carbocycles. The van der Waals surface area contributed by atoms with Gasteiger partial charge >= 0.3 is 0 Å². The molecule has 3 N–H and O–H groups in total. The molecule has 1 aliphatic rings. The maximum atomic E-state index is 13.9. The largest absolute Gasteiger partial charge is 0.349 e. The van der Waals surface area contributed by atoms with Crippen molar-refractivity contribution in [3.05, 3.63) is 29.6 Å². The fraction of sp³-hybridized carbons (Fsp3) is 0.500. The SMILES string of the molecule is CC(NC(=O)c1ccc(S(N)(=O)=O)cc1F)C1CCCC1. The number of nitrogens with two attached hydrogens (primary N) is 1. The van der Waals surface area contributed by atoms with Crippen LogP contribution in [0.3, 0.4) is 0 Å². The molecule has 1 saturated carbocycles. The van der Waals surface area contributed by atoms with Crippen LogP contribution in [-0.2, 0) is 10.0 Å². The van der Waals surface area contributed by atoms with Crippen molar-refractivity contribution in [2.75, 3.05) is 0 Å². The summed E-state index contributed by atoms with van der Waals surface area (Å²) in [7, 11) is -3.98. The van der Waals surface area contributed by atoms with Crippen LogP contribution in [0.4, 0.5) is 4.39 Å². The number of amides is 1. The van der Waals surface area contributed by atoms with Gasteiger partial charge in [-0.3, -0.25) is 4.79 Å². The number of halogens is 1. The van der Waals surface area contributed by atoms with Gasteiger partial charge in [0.25, 0.3) is 5.91 Å². The van der Waals surface area contributed by atoms with Crippen LogP contribution in [0.5, 0.6) is 0 Å². The van der Waals surface area contributed by atoms with Crippen molar-refractivity contribution in [1.29, 1.82) is 0 Å². The number of rotatable bonds is 4. The highest BCUT2D eigenvalue weighted by molar-refractivity contribution is 7.89. The van der Waals surface area contributed by atoms with Crippen molar-refractivity contribution in [2.24, 2.45) is 11.1 Å². The third-order valence-electron chi connectivity index (χ3n) is 3.98. The minimum Gasteiger partial charge on any atom is -0.349 e. The number of sulfonamides is 1. The van der Waals surface area contributed by atoms with Crippen LogP contribution in [-0.4, -0.2) is 20.4 Å². The van der Waals surface area contributed by atoms with E-state index in [4.69, 9.17) is 5.14 Å². The number of nitrogens with one attached hydrogen (secondary N) is 1. The second-order valence-electron chi connectivity index (χ2n) is 5.49. The Morgan fingerprint density at radius 1 is 1.38 bits per heavy atom. The maximum Gasteiger partial charge on any atom is 0.254 e. The molecule has 1 aliphatic carbocycles. The lowest BCUT2D eigenvalue weighted by molar-refractivity contribution is 0.0923. The normalized spacial score (nSPS) is 17.7. The van der Waals surface area contributed by atoms with Crippen LogP contribution >= 0.6 is 0 Å². The van der Waals surface area contributed by atoms with Crippen molar-refractivity contribution in [3.8, 4) is 0 Å². The van der Waals surface area contributed by atoms with Crippen LogP contribution < -0.4 is 10.5 Å². The van der Waals surface area contributed by atoms with E-state index in [9.17, 15) is 17.6 Å². The van der Waals surface area contributed by atoms with Gasteiger partial charge in [-0.2, -0.15) is 0 Å². The molecule has 1 atom stereocenters. The van der Waals surface area contributed by atoms with E-state index in [1.807, 2.05) is 6.92 Å². The molecule has 7 heteroatoms. The molecule has 1 fully saturated rings. The lowest BCUT2D eigenvalue weighted by Gasteiger charge is -2.20. The summed E-state index contributed by atoms with van der Waals surface area (Å²) in [6, 6.07) is 3.02. The number of carbonyl (C=O) groups excluding carboxylic acids is 1. The summed E-state index contributed by atoms with van der Waals surface area (Å²) in [6.07, 6.45) is 4.44. The lowest BCUT2D eigenvalue weighted by Crippen LogP contribution is -2.37. The number of hydrogen-bond donors (Lipinski definition) is 2. The highest BCUT2D eigenvalue weighted by Crippen LogP contribution is 2.27. The third-order valence-corrected chi connectivity index (χ3v) is 4.89. The van der Waals surface area contributed by atoms with Crippen LogP contribution in [0.15, 0.2) is 23.1 Å². The smallest absolute Gasteiger partial charge is 0.254 e. The summed E-state index contributed by atoms with van der Waals surface area (Å²) in [6.45, 7) is 1.91. The summed E-state index contributed by atoms with van der Waals surface area (Å²) in [5.41, 5.74) is -0.174. The highest BCUT2D eigenvalue weighted by Gasteiger charge is 2.24. The summed E-state index contributed by atoms with van der Waals surface area (Å²) in [5, 5.41) is 7.70. The molecule has 1 unspecified atom stereocenters. The van der Waals surface area contributed by atoms with E-state index in [1.165, 1.54) is 0 Å². The molecule has 0 aliphatic heterocycles. The molecule has 0 aromatic heterocycles. The summed E-state index contributed by atoms with van der Waals surface area (Å²) in [5.74, 6) is -1.01. The fourth-order valence-corrected chi connectivity index (χ4v) is 3.24. The standard InChI is InChI=1S/C14H19FN2O3S/c1-9(10-4-2-3-5-10)17-14(18)12-7-6-11(8-13(12)15)21(16,19)20/h6-10H,2-5H2,1H3,(H,17,18)(H2,16,19,20). The molecule has 0 saturated heterocycles. The zero-order valence-corrected chi connectivity index (χ0v) is 12.6. The summed E-state index contributed by atoms with van der Waals surface area (Å²) < 4.78 is 36.1. The molecule has 2 rings (SSSR count). The van der Waals surface area contributed by atoms with Gasteiger partial charge in [0, 0.05) is 6.04 Å². The van der Waals surface area contributed by atoms with E-state index >= 15 is 0 Å². The molecular weight excluding hydrogens is 295 g/mol. The van der Waals surface area contributed by atoms with Crippen molar-refractivity contribution >= 4 is 15.9 Å². The fourth-order valence-electron chi connectivity index (χ4n) is 2.72. The maximum absolute atomic E-state index is 13.9. The summed E-state index contributed by atoms with van der Waals surface area (Å²) >= 11 is 0. The first kappa shape index (κ1) is 15.9. The van der Waals surface area contributed by atoms with Crippen LogP contribution in [0.1, 0.15) is 43.0 Å². The van der Waals surface area contributed by atoms with Gasteiger partial charge in [0.2, 0.25) is 10.0 Å². The molecule has 116 valence electrons. The van der Waals surface area contributed by atoms with Gasteiger partial charge in [0.15, 0.2) is 0 Å². The van der Waals surface area contributed by atoms with Crippen molar-refractivity contribution < 1.29 is 17.6 Å². The van der Waals surface area contributed by atoms with Gasteiger partial charge in [-0.15, -0.1) is 0 Å². The lowest BCUT2D eigenvalue weighted by atomic mass is 9.99. The first-order valence-electron chi connectivity index (χ1n) is 6.92. The topological polar surface area (TPSA) is 89.3 Å². The third kappa shape index (κ3) is 3.79. The molecule has 21 heavy (non-hydrogen) atoms. The van der Waals surface area contributed by atoms with Crippen LogP contribution in [0.25, 0.3) is 0 Å². The minimum absolute atomic E-state index is 0.0303. The Labute approximate surface area is 123 Å². The van der Waals surface area contributed by atoms with Crippen molar-refractivity contribution in [1.82, 2.24) is 5.32 Å². The van der Waals surface area contributed by atoms with E-state index < -0.39 is 21.7 Å². The quantitative estimate of drug-likeness (QED) is 0.887. The average Bonchev–Trinajstić information content (AvgIpc) is 2.91. The Balaban J connectivity index is 2.12. The van der Waals surface area contributed by atoms with Crippen molar-refractivity contribution in [3.63, 3.8) is 0 Å². The number of primary sulfonamides is 1. The van der Waals surface area contributed by atoms with E-state index in [0.717, 1.165) is 43.9 Å². The first-order chi connectivity index (χ1) is 9.79. The van der Waals surface area contributed by atoms with E-state index in [2.05, 4.69) is 5.32 Å². The molecule has 0 spiro atoms. The van der Waals surface area contributed by atoms with Gasteiger partial charge in [-0.05, 0) is 43.9 Å². The Hall–Kier alpha value is -1.47. The zero-order chi connectivity index (χ0) is 15.6. The van der Waals surface area contributed by atoms with Crippen LogP contribution in [0.2, 0.25) is 0 Å². The second kappa shape index (κ2) is 6.11. The Bertz CT molecular complexity index is 640. The molecule has 0 radical (unpaired) electrons. The van der Waals surface area contributed by atoms with Crippen LogP contribution in [0, 0.1) is 11.7 Å². The number of hydrogen-bond acceptors (Lipinski definition) is 3. The molecular formula is C14H19FN2O3S. The zero-order valence-electron chi connectivity index (χ0n) is 11.8. The molecule has 5 nitrogen and oxygen atoms in total. The second-order valence-corrected chi connectivity index (χ2v) is 7.05. The predicted molar refractivity (Wildman–Crippen MR) is 76.7 cm³/mol. The molecule has 1 amide bonds. The number of carbonyl (C=O) groups is 1. The van der Waals surface area contributed by atoms with E-state index in [1.54, 1.807) is 0 Å².